The van der Waals surface area contributed by atoms with E-state index < -0.39 is 0 Å². The summed E-state index contributed by atoms with van der Waals surface area (Å²) < 4.78 is 0. The number of hydrogen-bond acceptors (Lipinski definition) is 6. The largest absolute Gasteiger partial charge is 0.368 e. The molecule has 0 radical (unpaired) electrons. The van der Waals surface area contributed by atoms with Crippen molar-refractivity contribution in [2.45, 2.75) is 0 Å². The Labute approximate surface area is 109 Å². The second-order valence-electron chi connectivity index (χ2n) is 3.46. The van der Waals surface area contributed by atoms with Crippen molar-refractivity contribution in [1.29, 1.82) is 5.26 Å². The Balaban J connectivity index is 2.39. The van der Waals surface area contributed by atoms with Crippen molar-refractivity contribution < 1.29 is 0 Å². The van der Waals surface area contributed by atoms with E-state index in [2.05, 4.69) is 15.0 Å². The van der Waals surface area contributed by atoms with Gasteiger partial charge in [0.05, 0.1) is 0 Å². The summed E-state index contributed by atoms with van der Waals surface area (Å²) in [5.41, 5.74) is 6.34. The third kappa shape index (κ3) is 2.47. The summed E-state index contributed by atoms with van der Waals surface area (Å²) >= 11 is 5.81. The van der Waals surface area contributed by atoms with Crippen molar-refractivity contribution in [3.05, 3.63) is 35.1 Å². The Morgan fingerprint density at radius 1 is 1.22 bits per heavy atom. The predicted octanol–water partition coefficient (Wildman–Crippen LogP) is 1.75. The van der Waals surface area contributed by atoms with Gasteiger partial charge in [-0.1, -0.05) is 11.6 Å². The average molecular weight is 261 g/mol. The number of nitrogens with two attached hydrogens (primary N) is 1. The van der Waals surface area contributed by atoms with Crippen molar-refractivity contribution in [3.8, 4) is 6.07 Å². The molecule has 0 spiro atoms. The number of benzene rings is 1. The standard InChI is InChI=1S/C11H9ClN6/c1-18(8-4-2-7(12)3-5-8)11-16-9(6-13)15-10(14)17-11/h2-5H,1H3,(H2,14,15,16,17). The Hall–Kier alpha value is -2.39. The molecule has 1 aromatic heterocycles. The van der Waals surface area contributed by atoms with Crippen molar-refractivity contribution in [2.75, 3.05) is 17.7 Å². The number of nitrogens with zero attached hydrogens (tertiary/aromatic N) is 5. The van der Waals surface area contributed by atoms with Gasteiger partial charge in [-0.25, -0.2) is 0 Å². The van der Waals surface area contributed by atoms with E-state index in [1.165, 1.54) is 0 Å². The summed E-state index contributed by atoms with van der Waals surface area (Å²) in [4.78, 5) is 13.3. The van der Waals surface area contributed by atoms with E-state index in [-0.39, 0.29) is 11.8 Å². The second kappa shape index (κ2) is 4.85. The van der Waals surface area contributed by atoms with Crippen LogP contribution in [0, 0.1) is 11.3 Å². The molecule has 0 saturated carbocycles. The van der Waals surface area contributed by atoms with Crippen LogP contribution in [0.4, 0.5) is 17.6 Å². The maximum Gasteiger partial charge on any atom is 0.238 e. The third-order valence-electron chi connectivity index (χ3n) is 2.25. The molecule has 2 aromatic rings. The molecule has 18 heavy (non-hydrogen) atoms. The lowest BCUT2D eigenvalue weighted by Gasteiger charge is -2.17. The van der Waals surface area contributed by atoms with Gasteiger partial charge in [0, 0.05) is 17.8 Å². The Kier molecular flexibility index (Phi) is 3.26. The predicted molar refractivity (Wildman–Crippen MR) is 68.5 cm³/mol. The molecule has 0 unspecified atom stereocenters. The van der Waals surface area contributed by atoms with E-state index in [0.29, 0.717) is 11.0 Å². The molecule has 0 aliphatic heterocycles. The van der Waals surface area contributed by atoms with Crippen LogP contribution in [0.5, 0.6) is 0 Å². The smallest absolute Gasteiger partial charge is 0.238 e. The molecule has 0 fully saturated rings. The van der Waals surface area contributed by atoms with Gasteiger partial charge in [0.1, 0.15) is 6.07 Å². The first-order valence-corrected chi connectivity index (χ1v) is 5.39. The average Bonchev–Trinajstić information content (AvgIpc) is 2.38. The Morgan fingerprint density at radius 3 is 2.50 bits per heavy atom. The van der Waals surface area contributed by atoms with E-state index in [1.54, 1.807) is 24.1 Å². The number of nitriles is 1. The molecule has 0 aliphatic rings. The summed E-state index contributed by atoms with van der Waals surface area (Å²) in [6, 6.07) is 8.97. The Morgan fingerprint density at radius 2 is 1.89 bits per heavy atom. The zero-order chi connectivity index (χ0) is 13.1. The van der Waals surface area contributed by atoms with Crippen LogP contribution in [0.1, 0.15) is 5.82 Å². The van der Waals surface area contributed by atoms with E-state index >= 15 is 0 Å². The second-order valence-corrected chi connectivity index (χ2v) is 3.90. The highest BCUT2D eigenvalue weighted by Crippen LogP contribution is 2.22. The van der Waals surface area contributed by atoms with Crippen LogP contribution in [-0.2, 0) is 0 Å². The summed E-state index contributed by atoms with van der Waals surface area (Å²) in [6.07, 6.45) is 0. The minimum Gasteiger partial charge on any atom is -0.368 e. The molecule has 0 bridgehead atoms. The third-order valence-corrected chi connectivity index (χ3v) is 2.51. The molecule has 0 saturated heterocycles. The molecule has 6 nitrogen and oxygen atoms in total. The molecule has 2 N–H and O–H groups in total. The van der Waals surface area contributed by atoms with Gasteiger partial charge in [0.2, 0.25) is 17.7 Å². The molecule has 7 heteroatoms. The number of hydrogen-bond donors (Lipinski definition) is 1. The van der Waals surface area contributed by atoms with Crippen LogP contribution in [-0.4, -0.2) is 22.0 Å². The van der Waals surface area contributed by atoms with Crippen LogP contribution in [0.25, 0.3) is 0 Å². The van der Waals surface area contributed by atoms with Crippen molar-refractivity contribution >= 4 is 29.2 Å². The fourth-order valence-corrected chi connectivity index (χ4v) is 1.49. The first kappa shape index (κ1) is 12.1. The SMILES string of the molecule is CN(c1ccc(Cl)cc1)c1nc(N)nc(C#N)n1. The first-order chi connectivity index (χ1) is 8.60. The highest BCUT2D eigenvalue weighted by Gasteiger charge is 2.10. The maximum atomic E-state index is 8.78. The molecule has 0 atom stereocenters. The number of rotatable bonds is 2. The van der Waals surface area contributed by atoms with Gasteiger partial charge in [-0.2, -0.15) is 20.2 Å². The van der Waals surface area contributed by atoms with Gasteiger partial charge >= 0.3 is 0 Å². The number of nitrogen functional groups attached to an aromatic ring is 1. The van der Waals surface area contributed by atoms with E-state index in [4.69, 9.17) is 22.6 Å². The van der Waals surface area contributed by atoms with E-state index in [0.717, 1.165) is 5.69 Å². The highest BCUT2D eigenvalue weighted by atomic mass is 35.5. The van der Waals surface area contributed by atoms with Crippen molar-refractivity contribution in [3.63, 3.8) is 0 Å². The lowest BCUT2D eigenvalue weighted by molar-refractivity contribution is 0.976. The monoisotopic (exact) mass is 260 g/mol. The van der Waals surface area contributed by atoms with Gasteiger partial charge in [-0.05, 0) is 24.3 Å². The normalized spacial score (nSPS) is 9.83. The summed E-state index contributed by atoms with van der Waals surface area (Å²) in [6.45, 7) is 0. The molecule has 1 aromatic carbocycles. The van der Waals surface area contributed by atoms with Gasteiger partial charge in [-0.3, -0.25) is 0 Å². The highest BCUT2D eigenvalue weighted by molar-refractivity contribution is 6.30. The fraction of sp³-hybridized carbons (Fsp3) is 0.0909. The first-order valence-electron chi connectivity index (χ1n) is 5.01. The van der Waals surface area contributed by atoms with Gasteiger partial charge in [0.25, 0.3) is 0 Å². The van der Waals surface area contributed by atoms with Crippen LogP contribution in [0.3, 0.4) is 0 Å². The van der Waals surface area contributed by atoms with Crippen LogP contribution < -0.4 is 10.6 Å². The fourth-order valence-electron chi connectivity index (χ4n) is 1.36. The number of aromatic nitrogens is 3. The lowest BCUT2D eigenvalue weighted by atomic mass is 10.3. The maximum absolute atomic E-state index is 8.78. The van der Waals surface area contributed by atoms with E-state index in [9.17, 15) is 0 Å². The quantitative estimate of drug-likeness (QED) is 0.884. The molecule has 0 amide bonds. The van der Waals surface area contributed by atoms with Crippen molar-refractivity contribution in [2.24, 2.45) is 0 Å². The molecule has 0 aliphatic carbocycles. The number of halogens is 1. The number of anilines is 3. The summed E-state index contributed by atoms with van der Waals surface area (Å²) in [7, 11) is 1.76. The topological polar surface area (TPSA) is 91.7 Å². The Bertz CT molecular complexity index is 604. The van der Waals surface area contributed by atoms with Crippen LogP contribution in [0.2, 0.25) is 5.02 Å². The van der Waals surface area contributed by atoms with Crippen LogP contribution >= 0.6 is 11.6 Å². The molecular weight excluding hydrogens is 252 g/mol. The van der Waals surface area contributed by atoms with Crippen molar-refractivity contribution in [1.82, 2.24) is 15.0 Å². The van der Waals surface area contributed by atoms with Gasteiger partial charge in [-0.15, -0.1) is 0 Å². The lowest BCUT2D eigenvalue weighted by Crippen LogP contribution is -2.15. The minimum absolute atomic E-state index is 0.0114. The minimum atomic E-state index is -0.0155. The van der Waals surface area contributed by atoms with Crippen LogP contribution in [0.15, 0.2) is 24.3 Å². The molecule has 90 valence electrons. The molecule has 1 heterocycles. The summed E-state index contributed by atoms with van der Waals surface area (Å²) in [5, 5.41) is 9.42. The zero-order valence-electron chi connectivity index (χ0n) is 9.50. The van der Waals surface area contributed by atoms with Gasteiger partial charge < -0.3 is 10.6 Å². The van der Waals surface area contributed by atoms with E-state index in [1.807, 2.05) is 18.2 Å². The molecular formula is C11H9ClN6. The van der Waals surface area contributed by atoms with Gasteiger partial charge in [0.15, 0.2) is 0 Å². The molecule has 2 rings (SSSR count). The zero-order valence-corrected chi connectivity index (χ0v) is 10.3. The summed E-state index contributed by atoms with van der Waals surface area (Å²) in [5.74, 6) is 0.303.